The van der Waals surface area contributed by atoms with Gasteiger partial charge in [-0.25, -0.2) is 13.4 Å². The van der Waals surface area contributed by atoms with Crippen LogP contribution in [0, 0.1) is 6.92 Å². The Hall–Kier alpha value is -3.66. The van der Waals surface area contributed by atoms with Crippen molar-refractivity contribution in [3.8, 4) is 0 Å². The van der Waals surface area contributed by atoms with Crippen LogP contribution in [0.25, 0.3) is 0 Å². The van der Waals surface area contributed by atoms with Crippen LogP contribution in [0.1, 0.15) is 15.9 Å². The zero-order valence-corrected chi connectivity index (χ0v) is 16.6. The molecule has 0 aliphatic carbocycles. The molecular formula is C19H20N6O3S. The van der Waals surface area contributed by atoms with Crippen molar-refractivity contribution in [2.75, 3.05) is 21.6 Å². The lowest BCUT2D eigenvalue weighted by atomic mass is 10.2. The number of benzene rings is 2. The molecule has 0 spiro atoms. The second kappa shape index (κ2) is 8.15. The van der Waals surface area contributed by atoms with Gasteiger partial charge in [-0.1, -0.05) is 12.1 Å². The third-order valence-electron chi connectivity index (χ3n) is 3.86. The number of sulfonamides is 1. The Morgan fingerprint density at radius 3 is 2.55 bits per heavy atom. The second-order valence-corrected chi connectivity index (χ2v) is 8.11. The molecule has 9 nitrogen and oxygen atoms in total. The lowest BCUT2D eigenvalue weighted by Crippen LogP contribution is -2.11. The van der Waals surface area contributed by atoms with E-state index in [2.05, 4.69) is 25.3 Å². The maximum Gasteiger partial charge on any atom is 0.248 e. The summed E-state index contributed by atoms with van der Waals surface area (Å²) >= 11 is 0. The molecule has 29 heavy (non-hydrogen) atoms. The van der Waals surface area contributed by atoms with Crippen molar-refractivity contribution in [1.29, 1.82) is 0 Å². The maximum atomic E-state index is 11.5. The van der Waals surface area contributed by atoms with Crippen LogP contribution in [0.3, 0.4) is 0 Å². The van der Waals surface area contributed by atoms with Gasteiger partial charge in [0.25, 0.3) is 0 Å². The van der Waals surface area contributed by atoms with E-state index in [0.717, 1.165) is 11.8 Å². The number of primary amides is 1. The molecule has 0 aliphatic rings. The molecule has 0 bridgehead atoms. The van der Waals surface area contributed by atoms with Crippen molar-refractivity contribution >= 4 is 44.8 Å². The molecule has 0 saturated carbocycles. The molecule has 0 fully saturated rings. The lowest BCUT2D eigenvalue weighted by Gasteiger charge is -2.12. The summed E-state index contributed by atoms with van der Waals surface area (Å²) in [6, 6.07) is 13.5. The zero-order valence-electron chi connectivity index (χ0n) is 15.8. The number of nitrogens with zero attached hydrogens (tertiary/aromatic N) is 2. The summed E-state index contributed by atoms with van der Waals surface area (Å²) in [5, 5.41) is 6.17. The minimum absolute atomic E-state index is 0.319. The van der Waals surface area contributed by atoms with E-state index in [1.807, 2.05) is 6.92 Å². The van der Waals surface area contributed by atoms with Crippen LogP contribution in [0.2, 0.25) is 0 Å². The van der Waals surface area contributed by atoms with Crippen LogP contribution < -0.4 is 21.1 Å². The number of nitrogens with one attached hydrogen (secondary N) is 3. The van der Waals surface area contributed by atoms with Crippen LogP contribution >= 0.6 is 0 Å². The fourth-order valence-corrected chi connectivity index (χ4v) is 3.10. The van der Waals surface area contributed by atoms with Crippen LogP contribution in [0.15, 0.2) is 54.7 Å². The third-order valence-corrected chi connectivity index (χ3v) is 4.47. The summed E-state index contributed by atoms with van der Waals surface area (Å²) in [4.78, 5) is 19.9. The zero-order chi connectivity index (χ0) is 21.0. The average molecular weight is 412 g/mol. The van der Waals surface area contributed by atoms with Crippen molar-refractivity contribution in [2.24, 2.45) is 5.73 Å². The molecule has 1 heterocycles. The maximum absolute atomic E-state index is 11.5. The molecule has 0 radical (unpaired) electrons. The Labute approximate surface area is 168 Å². The minimum atomic E-state index is -3.38. The number of anilines is 5. The molecule has 5 N–H and O–H groups in total. The number of aromatic nitrogens is 2. The third kappa shape index (κ3) is 5.66. The number of hydrogen-bond acceptors (Lipinski definition) is 7. The highest BCUT2D eigenvalue weighted by Crippen LogP contribution is 2.24. The van der Waals surface area contributed by atoms with Crippen LogP contribution in [-0.2, 0) is 10.0 Å². The summed E-state index contributed by atoms with van der Waals surface area (Å²) in [6.45, 7) is 1.89. The van der Waals surface area contributed by atoms with Gasteiger partial charge in [0, 0.05) is 23.1 Å². The predicted molar refractivity (Wildman–Crippen MR) is 113 cm³/mol. The molecule has 3 rings (SSSR count). The van der Waals surface area contributed by atoms with E-state index < -0.39 is 15.9 Å². The molecule has 0 unspecified atom stereocenters. The Morgan fingerprint density at radius 1 is 1.03 bits per heavy atom. The lowest BCUT2D eigenvalue weighted by molar-refractivity contribution is 0.100. The monoisotopic (exact) mass is 412 g/mol. The topological polar surface area (TPSA) is 139 Å². The summed E-state index contributed by atoms with van der Waals surface area (Å²) < 4.78 is 25.3. The van der Waals surface area contributed by atoms with Gasteiger partial charge in [-0.2, -0.15) is 4.98 Å². The van der Waals surface area contributed by atoms with E-state index in [0.29, 0.717) is 34.4 Å². The normalized spacial score (nSPS) is 11.0. The van der Waals surface area contributed by atoms with Gasteiger partial charge in [0.15, 0.2) is 0 Å². The molecule has 0 saturated heterocycles. The standard InChI is InChI=1S/C19H20N6O3S/c1-12-6-7-15(25-29(2,27)28)11-16(12)23-17-8-9-21-19(24-17)22-14-5-3-4-13(10-14)18(20)26/h3-11,25H,1-2H3,(H2,20,26)(H2,21,22,23,24). The van der Waals surface area contributed by atoms with Crippen molar-refractivity contribution < 1.29 is 13.2 Å². The quantitative estimate of drug-likeness (QED) is 0.468. The molecule has 0 atom stereocenters. The second-order valence-electron chi connectivity index (χ2n) is 6.36. The molecule has 10 heteroatoms. The number of carbonyl (C=O) groups is 1. The predicted octanol–water partition coefficient (Wildman–Crippen LogP) is 2.74. The van der Waals surface area contributed by atoms with Crippen LogP contribution in [0.4, 0.5) is 28.8 Å². The molecule has 1 amide bonds. The molecule has 3 aromatic rings. The first-order chi connectivity index (χ1) is 13.7. The summed E-state index contributed by atoms with van der Waals surface area (Å²) in [7, 11) is -3.38. The largest absolute Gasteiger partial charge is 0.366 e. The van der Waals surface area contributed by atoms with Crippen LogP contribution in [0.5, 0.6) is 0 Å². The van der Waals surface area contributed by atoms with Crippen molar-refractivity contribution in [2.45, 2.75) is 6.92 Å². The van der Waals surface area contributed by atoms with Crippen molar-refractivity contribution in [3.05, 3.63) is 65.9 Å². The molecule has 2 aromatic carbocycles. The smallest absolute Gasteiger partial charge is 0.248 e. The summed E-state index contributed by atoms with van der Waals surface area (Å²) in [6.07, 6.45) is 2.67. The van der Waals surface area contributed by atoms with E-state index in [4.69, 9.17) is 5.73 Å². The highest BCUT2D eigenvalue weighted by molar-refractivity contribution is 7.92. The van der Waals surface area contributed by atoms with Crippen LogP contribution in [-0.4, -0.2) is 30.5 Å². The number of aryl methyl sites for hydroxylation is 1. The Kier molecular flexibility index (Phi) is 5.64. The van der Waals surface area contributed by atoms with E-state index in [1.165, 1.54) is 0 Å². The highest BCUT2D eigenvalue weighted by atomic mass is 32.2. The molecular weight excluding hydrogens is 392 g/mol. The van der Waals surface area contributed by atoms with E-state index in [9.17, 15) is 13.2 Å². The number of hydrogen-bond donors (Lipinski definition) is 4. The van der Waals surface area contributed by atoms with E-state index in [1.54, 1.807) is 54.7 Å². The summed E-state index contributed by atoms with van der Waals surface area (Å²) in [5.41, 5.74) is 8.33. The molecule has 1 aromatic heterocycles. The fraction of sp³-hybridized carbons (Fsp3) is 0.105. The Bertz CT molecular complexity index is 1160. The number of amides is 1. The van der Waals surface area contributed by atoms with Gasteiger partial charge in [0.1, 0.15) is 5.82 Å². The van der Waals surface area contributed by atoms with Gasteiger partial charge in [-0.05, 0) is 48.9 Å². The number of nitrogens with two attached hydrogens (primary N) is 1. The first kappa shape index (κ1) is 20.1. The molecule has 0 aliphatic heterocycles. The number of rotatable bonds is 7. The SMILES string of the molecule is Cc1ccc(NS(C)(=O)=O)cc1Nc1ccnc(Nc2cccc(C(N)=O)c2)n1. The van der Waals surface area contributed by atoms with Crippen molar-refractivity contribution in [3.63, 3.8) is 0 Å². The minimum Gasteiger partial charge on any atom is -0.366 e. The van der Waals surface area contributed by atoms with Gasteiger partial charge >= 0.3 is 0 Å². The summed E-state index contributed by atoms with van der Waals surface area (Å²) in [5.74, 6) is 0.302. The van der Waals surface area contributed by atoms with Gasteiger partial charge in [-0.15, -0.1) is 0 Å². The van der Waals surface area contributed by atoms with Gasteiger partial charge in [-0.3, -0.25) is 9.52 Å². The highest BCUT2D eigenvalue weighted by Gasteiger charge is 2.08. The average Bonchev–Trinajstić information content (AvgIpc) is 2.64. The van der Waals surface area contributed by atoms with Crippen molar-refractivity contribution in [1.82, 2.24) is 9.97 Å². The Morgan fingerprint density at radius 2 is 1.83 bits per heavy atom. The van der Waals surface area contributed by atoms with Gasteiger partial charge < -0.3 is 16.4 Å². The van der Waals surface area contributed by atoms with E-state index in [-0.39, 0.29) is 0 Å². The van der Waals surface area contributed by atoms with E-state index >= 15 is 0 Å². The Balaban J connectivity index is 1.81. The number of carbonyl (C=O) groups excluding carboxylic acids is 1. The first-order valence-corrected chi connectivity index (χ1v) is 10.4. The molecule has 150 valence electrons. The van der Waals surface area contributed by atoms with Gasteiger partial charge in [0.05, 0.1) is 11.9 Å². The first-order valence-electron chi connectivity index (χ1n) is 8.55. The van der Waals surface area contributed by atoms with Gasteiger partial charge in [0.2, 0.25) is 21.9 Å². The fourth-order valence-electron chi connectivity index (χ4n) is 2.54.